The molecule has 0 saturated heterocycles. The number of hydrogen-bond acceptors (Lipinski definition) is 0. The summed E-state index contributed by atoms with van der Waals surface area (Å²) in [5.41, 5.74) is -1.00. The second-order valence-corrected chi connectivity index (χ2v) is 2.33. The van der Waals surface area contributed by atoms with E-state index in [1.54, 1.807) is 0 Å². The van der Waals surface area contributed by atoms with E-state index in [0.717, 1.165) is 0 Å². The van der Waals surface area contributed by atoms with Crippen molar-refractivity contribution in [3.05, 3.63) is 0 Å². The van der Waals surface area contributed by atoms with Crippen LogP contribution in [0, 0.1) is 0 Å². The van der Waals surface area contributed by atoms with Gasteiger partial charge in [0.05, 0.1) is 6.67 Å². The summed E-state index contributed by atoms with van der Waals surface area (Å²) in [7, 11) is 0. The molecule has 0 aliphatic heterocycles. The van der Waals surface area contributed by atoms with E-state index in [4.69, 9.17) is 0 Å². The third-order valence-corrected chi connectivity index (χ3v) is 0. The average molecular weight is 124 g/mol. The van der Waals surface area contributed by atoms with Crippen molar-refractivity contribution in [2.45, 2.75) is 33.4 Å². The number of hydrogen-bond donors (Lipinski definition) is 0. The number of rotatable bonds is 0. The summed E-state index contributed by atoms with van der Waals surface area (Å²) in [6.07, 6.45) is 0. The lowest BCUT2D eigenvalue weighted by Crippen LogP contribution is -2.01. The van der Waals surface area contributed by atoms with Crippen LogP contribution in [-0.4, -0.2) is 12.3 Å². The summed E-state index contributed by atoms with van der Waals surface area (Å²) < 4.78 is 22.0. The molecule has 0 unspecified atom stereocenters. The smallest absolute Gasteiger partial charge is 0.102 e. The van der Waals surface area contributed by atoms with Crippen LogP contribution in [0.3, 0.4) is 0 Å². The molecule has 52 valence electrons. The first-order valence-corrected chi connectivity index (χ1v) is 2.66. The highest BCUT2D eigenvalue weighted by molar-refractivity contribution is 4.52. The molecular weight excluding hydrogens is 110 g/mol. The molecule has 0 fully saturated rings. The molecule has 0 saturated carbocycles. The summed E-state index contributed by atoms with van der Waals surface area (Å²) in [6, 6.07) is 0. The topological polar surface area (TPSA) is 0 Å². The molecular formula is C6H14F2. The van der Waals surface area contributed by atoms with Gasteiger partial charge in [-0.2, -0.15) is 0 Å². The Morgan fingerprint density at radius 1 is 1.25 bits per heavy atom. The minimum absolute atomic E-state index is 0.250. The van der Waals surface area contributed by atoms with Crippen molar-refractivity contribution in [2.75, 3.05) is 6.67 Å². The van der Waals surface area contributed by atoms with Crippen LogP contribution in [0.15, 0.2) is 0 Å². The second kappa shape index (κ2) is 5.01. The van der Waals surface area contributed by atoms with Gasteiger partial charge in [-0.1, -0.05) is 0 Å². The molecule has 0 aromatic heterocycles. The van der Waals surface area contributed by atoms with Crippen LogP contribution in [0.5, 0.6) is 0 Å². The zero-order chi connectivity index (χ0) is 7.21. The van der Waals surface area contributed by atoms with E-state index in [9.17, 15) is 8.78 Å². The molecule has 0 spiro atoms. The highest BCUT2D eigenvalue weighted by Crippen LogP contribution is 2.02. The van der Waals surface area contributed by atoms with Gasteiger partial charge in [-0.05, 0) is 27.7 Å². The van der Waals surface area contributed by atoms with Gasteiger partial charge >= 0.3 is 0 Å². The normalized spacial score (nSPS) is 9.75. The van der Waals surface area contributed by atoms with Crippen molar-refractivity contribution in [2.24, 2.45) is 0 Å². The fourth-order valence-corrected chi connectivity index (χ4v) is 0. The van der Waals surface area contributed by atoms with E-state index < -0.39 is 5.67 Å². The maximum atomic E-state index is 11.7. The molecule has 0 atom stereocenters. The third-order valence-electron chi connectivity index (χ3n) is 0. The molecule has 0 aliphatic carbocycles. The SMILES string of the molecule is CC(C)(C)F.CCF. The molecule has 0 N–H and O–H groups in total. The highest BCUT2D eigenvalue weighted by atomic mass is 19.1. The maximum Gasteiger partial charge on any atom is 0.102 e. The van der Waals surface area contributed by atoms with E-state index in [-0.39, 0.29) is 6.67 Å². The van der Waals surface area contributed by atoms with E-state index in [1.165, 1.54) is 27.7 Å². The quantitative estimate of drug-likeness (QED) is 0.465. The predicted molar refractivity (Wildman–Crippen MR) is 32.5 cm³/mol. The van der Waals surface area contributed by atoms with Gasteiger partial charge in [-0.15, -0.1) is 0 Å². The largest absolute Gasteiger partial charge is 0.251 e. The van der Waals surface area contributed by atoms with Gasteiger partial charge in [0, 0.05) is 0 Å². The molecule has 0 aliphatic rings. The fourth-order valence-electron chi connectivity index (χ4n) is 0. The van der Waals surface area contributed by atoms with Crippen molar-refractivity contribution in [3.8, 4) is 0 Å². The van der Waals surface area contributed by atoms with Crippen LogP contribution in [0.25, 0.3) is 0 Å². The van der Waals surface area contributed by atoms with Crippen molar-refractivity contribution < 1.29 is 8.78 Å². The molecule has 0 radical (unpaired) electrons. The molecule has 2 heteroatoms. The standard InChI is InChI=1S/C4H9F.C2H5F/c1-4(2,3)5;1-2-3/h1-3H3;2H2,1H3. The van der Waals surface area contributed by atoms with Crippen molar-refractivity contribution in [1.29, 1.82) is 0 Å². The Balaban J connectivity index is 0. The van der Waals surface area contributed by atoms with Gasteiger partial charge in [0.25, 0.3) is 0 Å². The summed E-state index contributed by atoms with van der Waals surface area (Å²) in [6.45, 7) is 5.77. The Bertz CT molecular complexity index is 30.3. The van der Waals surface area contributed by atoms with Gasteiger partial charge in [0.1, 0.15) is 5.67 Å². The number of halogens is 2. The Morgan fingerprint density at radius 3 is 1.25 bits per heavy atom. The van der Waals surface area contributed by atoms with E-state index in [0.29, 0.717) is 0 Å². The van der Waals surface area contributed by atoms with Crippen molar-refractivity contribution >= 4 is 0 Å². The van der Waals surface area contributed by atoms with E-state index >= 15 is 0 Å². The Labute approximate surface area is 49.9 Å². The van der Waals surface area contributed by atoms with Crippen LogP contribution >= 0.6 is 0 Å². The zero-order valence-electron chi connectivity index (χ0n) is 5.96. The summed E-state index contributed by atoms with van der Waals surface area (Å²) in [5, 5.41) is 0. The monoisotopic (exact) mass is 124 g/mol. The van der Waals surface area contributed by atoms with Crippen LogP contribution in [0.2, 0.25) is 0 Å². The van der Waals surface area contributed by atoms with Gasteiger partial charge in [0.15, 0.2) is 0 Å². The fraction of sp³-hybridized carbons (Fsp3) is 1.00. The van der Waals surface area contributed by atoms with Crippen LogP contribution in [0.1, 0.15) is 27.7 Å². The Hall–Kier alpha value is -0.140. The van der Waals surface area contributed by atoms with Gasteiger partial charge in [-0.3, -0.25) is 4.39 Å². The third kappa shape index (κ3) is 7060. The molecule has 0 aromatic carbocycles. The van der Waals surface area contributed by atoms with E-state index in [1.807, 2.05) is 0 Å². The average Bonchev–Trinajstić information content (AvgIpc) is 1.27. The zero-order valence-corrected chi connectivity index (χ0v) is 5.96. The van der Waals surface area contributed by atoms with Gasteiger partial charge in [0.2, 0.25) is 0 Å². The molecule has 0 heterocycles. The molecule has 0 amide bonds. The molecule has 0 bridgehead atoms. The minimum Gasteiger partial charge on any atom is -0.251 e. The van der Waals surface area contributed by atoms with Gasteiger partial charge in [-0.25, -0.2) is 4.39 Å². The lowest BCUT2D eigenvalue weighted by molar-refractivity contribution is 0.246. The molecule has 0 nitrogen and oxygen atoms in total. The molecule has 0 rings (SSSR count). The van der Waals surface area contributed by atoms with E-state index in [2.05, 4.69) is 0 Å². The van der Waals surface area contributed by atoms with Gasteiger partial charge < -0.3 is 0 Å². The first-order valence-electron chi connectivity index (χ1n) is 2.66. The van der Waals surface area contributed by atoms with Crippen molar-refractivity contribution in [1.82, 2.24) is 0 Å². The van der Waals surface area contributed by atoms with Crippen LogP contribution in [-0.2, 0) is 0 Å². The van der Waals surface area contributed by atoms with Crippen LogP contribution < -0.4 is 0 Å². The Kier molecular flexibility index (Phi) is 6.74. The van der Waals surface area contributed by atoms with Crippen molar-refractivity contribution in [3.63, 3.8) is 0 Å². The summed E-state index contributed by atoms with van der Waals surface area (Å²) in [5.74, 6) is 0. The number of alkyl halides is 2. The Morgan fingerprint density at radius 2 is 1.25 bits per heavy atom. The summed E-state index contributed by atoms with van der Waals surface area (Å²) in [4.78, 5) is 0. The highest BCUT2D eigenvalue weighted by Gasteiger charge is 2.01. The lowest BCUT2D eigenvalue weighted by atomic mass is 10.2. The predicted octanol–water partition coefficient (Wildman–Crippen LogP) is 2.73. The van der Waals surface area contributed by atoms with Crippen LogP contribution in [0.4, 0.5) is 8.78 Å². The molecule has 8 heavy (non-hydrogen) atoms. The first-order chi connectivity index (χ1) is 3.41. The molecule has 0 aromatic rings. The summed E-state index contributed by atoms with van der Waals surface area (Å²) >= 11 is 0. The maximum absolute atomic E-state index is 11.7. The second-order valence-electron chi connectivity index (χ2n) is 2.33. The lowest BCUT2D eigenvalue weighted by Gasteiger charge is -1.99. The minimum atomic E-state index is -1.00. The first kappa shape index (κ1) is 10.8.